The van der Waals surface area contributed by atoms with Crippen LogP contribution >= 0.6 is 0 Å². The van der Waals surface area contributed by atoms with Gasteiger partial charge in [-0.2, -0.15) is 0 Å². The van der Waals surface area contributed by atoms with Crippen molar-refractivity contribution in [3.05, 3.63) is 175 Å². The molecule has 0 aliphatic rings. The molecule has 0 bridgehead atoms. The van der Waals surface area contributed by atoms with E-state index in [4.69, 9.17) is 14.4 Å². The van der Waals surface area contributed by atoms with Gasteiger partial charge in [-0.1, -0.05) is 109 Å². The van der Waals surface area contributed by atoms with Crippen LogP contribution in [-0.4, -0.2) is 20.4 Å². The molecule has 0 radical (unpaired) electrons. The molecule has 0 saturated carbocycles. The van der Waals surface area contributed by atoms with Crippen LogP contribution in [0.4, 0.5) is 0 Å². The number of rotatable bonds is 3. The largest absolute Gasteiger partial charge is 0.456 e. The minimum atomic E-state index is 0.122. The lowest BCUT2D eigenvalue weighted by molar-refractivity contribution is 0.669. The Morgan fingerprint density at radius 3 is 1.98 bits per heavy atom. The Morgan fingerprint density at radius 2 is 1.21 bits per heavy atom. The maximum Gasteiger partial charge on any atom is 0.159 e. The zero-order chi connectivity index (χ0) is 35.0. The van der Waals surface area contributed by atoms with E-state index in [0.717, 1.165) is 55.3 Å². The highest BCUT2D eigenvalue weighted by molar-refractivity contribution is 6.28. The molecule has 0 aliphatic heterocycles. The second-order valence-corrected chi connectivity index (χ2v) is 13.4. The summed E-state index contributed by atoms with van der Waals surface area (Å²) >= 11 is 0. The molecule has 0 unspecified atom stereocenters. The lowest BCUT2D eigenvalue weighted by Gasteiger charge is -2.13. The van der Waals surface area contributed by atoms with Gasteiger partial charge in [-0.05, 0) is 76.1 Å². The van der Waals surface area contributed by atoms with Gasteiger partial charge >= 0.3 is 0 Å². The van der Waals surface area contributed by atoms with Gasteiger partial charge in [0.05, 0.1) is 27.8 Å². The molecule has 0 fully saturated rings. The Labute approximate surface area is 302 Å². The number of nitrogens with one attached hydrogen (secondary N) is 2. The van der Waals surface area contributed by atoms with E-state index in [0.29, 0.717) is 16.7 Å². The average molecular weight is 680 g/mol. The van der Waals surface area contributed by atoms with E-state index in [9.17, 15) is 5.41 Å². The predicted molar refractivity (Wildman–Crippen MR) is 217 cm³/mol. The smallest absolute Gasteiger partial charge is 0.159 e. The Bertz CT molecular complexity index is 3290. The van der Waals surface area contributed by atoms with Gasteiger partial charge in [0.15, 0.2) is 11.3 Å². The van der Waals surface area contributed by atoms with E-state index < -0.39 is 0 Å². The first-order chi connectivity index (χ1) is 26.2. The van der Waals surface area contributed by atoms with Crippen molar-refractivity contribution < 1.29 is 4.42 Å². The van der Waals surface area contributed by atoms with Crippen molar-refractivity contribution in [1.29, 1.82) is 5.41 Å². The fourth-order valence-electron chi connectivity index (χ4n) is 8.04. The van der Waals surface area contributed by atoms with E-state index in [1.807, 2.05) is 66.7 Å². The quantitative estimate of drug-likeness (QED) is 0.144. The van der Waals surface area contributed by atoms with Crippen molar-refractivity contribution in [2.75, 3.05) is 0 Å². The molecule has 3 aromatic heterocycles. The predicted octanol–water partition coefficient (Wildman–Crippen LogP) is 11.5. The van der Waals surface area contributed by atoms with Crippen molar-refractivity contribution in [1.82, 2.24) is 14.5 Å². The molecular weight excluding hydrogens is 651 g/mol. The maximum atomic E-state index is 9.61. The second-order valence-electron chi connectivity index (χ2n) is 13.4. The maximum absolute atomic E-state index is 9.61. The lowest BCUT2D eigenvalue weighted by Crippen LogP contribution is -2.17. The number of fused-ring (bicyclic) bond motifs is 11. The minimum Gasteiger partial charge on any atom is -0.456 e. The van der Waals surface area contributed by atoms with Gasteiger partial charge in [0.1, 0.15) is 16.9 Å². The van der Waals surface area contributed by atoms with E-state index in [2.05, 4.69) is 107 Å². The standard InChI is InChI=1S/C47H29N5O/c48-46(51-47-45(49-36-17-7-8-18-37(36)50-47)30-21-24-34-33-15-6-10-20-41(33)53-42(34)27-30)35-16-5-9-19-38(35)52-39-25-22-28-11-1-3-13-31(28)43(39)44-32-14-4-2-12-29(32)23-26-40(44)52/h1-27H,(H2,48,50,51). The average Bonchev–Trinajstić information content (AvgIpc) is 3.76. The highest BCUT2D eigenvalue weighted by Gasteiger charge is 2.20. The fraction of sp³-hybridized carbons (Fsp3) is 0. The van der Waals surface area contributed by atoms with Crippen LogP contribution in [0.5, 0.6) is 0 Å². The molecule has 0 amide bonds. The van der Waals surface area contributed by atoms with Gasteiger partial charge in [-0.3, -0.25) is 5.41 Å². The Kier molecular flexibility index (Phi) is 6.30. The fourth-order valence-corrected chi connectivity index (χ4v) is 8.04. The molecule has 8 aromatic carbocycles. The van der Waals surface area contributed by atoms with E-state index in [1.165, 1.54) is 32.3 Å². The SMILES string of the molecule is N=C(N=c1[nH]c2ccccc2nc1-c1ccc2c(c1)oc1ccccc12)c1ccccc1-n1c2ccc3ccccc3c2c2c3ccccc3ccc21. The summed E-state index contributed by atoms with van der Waals surface area (Å²) in [5, 5.41) is 18.9. The van der Waals surface area contributed by atoms with E-state index >= 15 is 0 Å². The molecule has 6 nitrogen and oxygen atoms in total. The van der Waals surface area contributed by atoms with Crippen LogP contribution < -0.4 is 5.49 Å². The van der Waals surface area contributed by atoms with Crippen LogP contribution in [0.1, 0.15) is 5.56 Å². The molecule has 0 aliphatic carbocycles. The summed E-state index contributed by atoms with van der Waals surface area (Å²) in [4.78, 5) is 13.6. The lowest BCUT2D eigenvalue weighted by atomic mass is 10.00. The summed E-state index contributed by atoms with van der Waals surface area (Å²) < 4.78 is 8.55. The number of H-pyrrole nitrogens is 1. The van der Waals surface area contributed by atoms with Crippen LogP contribution in [0.15, 0.2) is 173 Å². The zero-order valence-electron chi connectivity index (χ0n) is 28.3. The molecule has 11 aromatic rings. The van der Waals surface area contributed by atoms with Crippen LogP contribution in [0, 0.1) is 5.41 Å². The molecular formula is C47H29N5O. The molecule has 53 heavy (non-hydrogen) atoms. The molecule has 0 spiro atoms. The summed E-state index contributed by atoms with van der Waals surface area (Å²) in [5.41, 5.74) is 8.98. The zero-order valence-corrected chi connectivity index (χ0v) is 28.3. The number of furan rings is 1. The van der Waals surface area contributed by atoms with Gasteiger partial charge < -0.3 is 14.0 Å². The van der Waals surface area contributed by atoms with Gasteiger partial charge in [0.25, 0.3) is 0 Å². The Balaban J connectivity index is 1.15. The number of nitrogens with zero attached hydrogens (tertiary/aromatic N) is 3. The third-order valence-electron chi connectivity index (χ3n) is 10.4. The molecule has 3 heterocycles. The third kappa shape index (κ3) is 4.49. The summed E-state index contributed by atoms with van der Waals surface area (Å²) in [6.07, 6.45) is 0. The van der Waals surface area contributed by atoms with Crippen molar-refractivity contribution in [2.24, 2.45) is 4.99 Å². The number of hydrogen-bond acceptors (Lipinski definition) is 3. The van der Waals surface area contributed by atoms with Gasteiger partial charge in [-0.25, -0.2) is 9.98 Å². The van der Waals surface area contributed by atoms with Crippen molar-refractivity contribution in [2.45, 2.75) is 0 Å². The first kappa shape index (κ1) is 29.4. The highest BCUT2D eigenvalue weighted by Crippen LogP contribution is 2.41. The normalized spacial score (nSPS) is 12.3. The Hall–Kier alpha value is -7.31. The summed E-state index contributed by atoms with van der Waals surface area (Å²) in [6, 6.07) is 56.1. The summed E-state index contributed by atoms with van der Waals surface area (Å²) in [5.74, 6) is 0.122. The number of aromatic amines is 1. The van der Waals surface area contributed by atoms with Crippen LogP contribution in [0.2, 0.25) is 0 Å². The van der Waals surface area contributed by atoms with Crippen molar-refractivity contribution in [3.63, 3.8) is 0 Å². The van der Waals surface area contributed by atoms with E-state index in [1.54, 1.807) is 0 Å². The molecule has 248 valence electrons. The van der Waals surface area contributed by atoms with Crippen molar-refractivity contribution in [3.8, 4) is 16.9 Å². The molecule has 6 heteroatoms. The van der Waals surface area contributed by atoms with E-state index in [-0.39, 0.29) is 5.84 Å². The minimum absolute atomic E-state index is 0.122. The first-order valence-corrected chi connectivity index (χ1v) is 17.7. The number of amidine groups is 1. The van der Waals surface area contributed by atoms with Gasteiger partial charge in [0.2, 0.25) is 0 Å². The Morgan fingerprint density at radius 1 is 0.585 bits per heavy atom. The van der Waals surface area contributed by atoms with Crippen molar-refractivity contribution >= 4 is 82.2 Å². The highest BCUT2D eigenvalue weighted by atomic mass is 16.3. The van der Waals surface area contributed by atoms with Gasteiger partial charge in [-0.15, -0.1) is 0 Å². The monoisotopic (exact) mass is 679 g/mol. The van der Waals surface area contributed by atoms with Gasteiger partial charge in [0, 0.05) is 32.7 Å². The molecule has 2 N–H and O–H groups in total. The molecule has 0 atom stereocenters. The molecule has 11 rings (SSSR count). The summed E-state index contributed by atoms with van der Waals surface area (Å²) in [6.45, 7) is 0. The first-order valence-electron chi connectivity index (χ1n) is 17.7. The van der Waals surface area contributed by atoms with Crippen LogP contribution in [-0.2, 0) is 0 Å². The van der Waals surface area contributed by atoms with Crippen LogP contribution in [0.25, 0.3) is 93.3 Å². The number of hydrogen-bond donors (Lipinski definition) is 2. The summed E-state index contributed by atoms with van der Waals surface area (Å²) in [7, 11) is 0. The second kappa shape index (κ2) is 11.4. The number of para-hydroxylation sites is 4. The number of benzene rings is 8. The molecule has 0 saturated heterocycles. The third-order valence-corrected chi connectivity index (χ3v) is 10.4. The topological polar surface area (TPSA) is 83.0 Å². The number of aromatic nitrogens is 3. The van der Waals surface area contributed by atoms with Crippen LogP contribution in [0.3, 0.4) is 0 Å².